The molecular weight excluding hydrogens is 462 g/mol. The third-order valence-corrected chi connectivity index (χ3v) is 7.17. The lowest BCUT2D eigenvalue weighted by Gasteiger charge is -2.16. The minimum atomic E-state index is -0.466. The van der Waals surface area contributed by atoms with Crippen molar-refractivity contribution >= 4 is 35.2 Å². The Hall–Kier alpha value is -3.25. The fraction of sp³-hybridized carbons (Fsp3) is 0.462. The number of rotatable bonds is 12. The molecule has 1 aromatic rings. The maximum atomic E-state index is 12.8. The van der Waals surface area contributed by atoms with Crippen molar-refractivity contribution in [3.63, 3.8) is 0 Å². The van der Waals surface area contributed by atoms with Crippen LogP contribution in [0.2, 0.25) is 0 Å². The molecule has 2 N–H and O–H groups in total. The Bertz CT molecular complexity index is 988. The standard InChI is InChI=1S/C26H33N5O3S/c1-2-31-25(35-22(26(31)34)13-15-28-21-8-4-3-5-9-21)12-11-20(19-27)18-23(32)29-14-7-17-30-16-6-10-24(30)33/h3-5,8-9,12-13,15,20,22,28H,2,6-7,10-11,14,16-18H2,1H3,(H,29,32)/b15-13?,25-12-. The zero-order valence-corrected chi connectivity index (χ0v) is 20.9. The van der Waals surface area contributed by atoms with E-state index in [-0.39, 0.29) is 29.4 Å². The average molecular weight is 496 g/mol. The minimum absolute atomic E-state index is 0.0117. The number of thioether (sulfide) groups is 1. The Morgan fingerprint density at radius 1 is 1.31 bits per heavy atom. The molecule has 2 saturated heterocycles. The van der Waals surface area contributed by atoms with Crippen LogP contribution >= 0.6 is 11.8 Å². The van der Waals surface area contributed by atoms with Crippen LogP contribution in [0.5, 0.6) is 0 Å². The molecule has 8 nitrogen and oxygen atoms in total. The summed E-state index contributed by atoms with van der Waals surface area (Å²) in [4.78, 5) is 40.2. The van der Waals surface area contributed by atoms with Gasteiger partial charge in [-0.15, -0.1) is 0 Å². The van der Waals surface area contributed by atoms with Crippen molar-refractivity contribution in [3.8, 4) is 6.07 Å². The fourth-order valence-electron chi connectivity index (χ4n) is 4.02. The molecule has 35 heavy (non-hydrogen) atoms. The number of carbonyl (C=O) groups excluding carboxylic acids is 3. The SMILES string of the molecule is CCN1C(=O)C(C=CNc2ccccc2)S/C1=C\CC(C#N)CC(=O)NCCCN1CCCC1=O. The molecule has 1 aromatic carbocycles. The van der Waals surface area contributed by atoms with Gasteiger partial charge in [-0.25, -0.2) is 0 Å². The summed E-state index contributed by atoms with van der Waals surface area (Å²) in [5, 5.41) is 16.0. The Morgan fingerprint density at radius 2 is 2.11 bits per heavy atom. The van der Waals surface area contributed by atoms with Crippen molar-refractivity contribution in [2.24, 2.45) is 5.92 Å². The molecule has 186 valence electrons. The molecule has 2 aliphatic heterocycles. The van der Waals surface area contributed by atoms with Crippen LogP contribution in [0.4, 0.5) is 5.69 Å². The highest BCUT2D eigenvalue weighted by Crippen LogP contribution is 2.36. The summed E-state index contributed by atoms with van der Waals surface area (Å²) in [5.41, 5.74) is 0.946. The lowest BCUT2D eigenvalue weighted by molar-refractivity contribution is -0.128. The largest absolute Gasteiger partial charge is 0.362 e. The number of nitriles is 1. The highest BCUT2D eigenvalue weighted by molar-refractivity contribution is 8.05. The number of hydrogen-bond donors (Lipinski definition) is 2. The van der Waals surface area contributed by atoms with E-state index in [1.807, 2.05) is 54.3 Å². The quantitative estimate of drug-likeness (QED) is 0.430. The van der Waals surface area contributed by atoms with Crippen molar-refractivity contribution in [1.82, 2.24) is 15.1 Å². The summed E-state index contributed by atoms with van der Waals surface area (Å²) in [6, 6.07) is 11.9. The van der Waals surface area contributed by atoms with E-state index in [9.17, 15) is 19.6 Å². The normalized spacial score (nSPS) is 20.0. The monoisotopic (exact) mass is 495 g/mol. The average Bonchev–Trinajstić information content (AvgIpc) is 3.41. The number of hydrogen-bond acceptors (Lipinski definition) is 6. The van der Waals surface area contributed by atoms with Crippen molar-refractivity contribution in [2.45, 2.75) is 44.3 Å². The zero-order valence-electron chi connectivity index (χ0n) is 20.1. The van der Waals surface area contributed by atoms with Crippen LogP contribution in [-0.2, 0) is 14.4 Å². The number of benzene rings is 1. The minimum Gasteiger partial charge on any atom is -0.362 e. The van der Waals surface area contributed by atoms with Crippen molar-refractivity contribution in [1.29, 1.82) is 5.26 Å². The van der Waals surface area contributed by atoms with E-state index in [0.29, 0.717) is 38.9 Å². The molecule has 3 amide bonds. The second-order valence-corrected chi connectivity index (χ2v) is 9.65. The van der Waals surface area contributed by atoms with Gasteiger partial charge in [0.05, 0.1) is 17.0 Å². The van der Waals surface area contributed by atoms with Gasteiger partial charge < -0.3 is 20.4 Å². The summed E-state index contributed by atoms with van der Waals surface area (Å²) >= 11 is 1.46. The molecule has 0 aliphatic carbocycles. The first-order valence-electron chi connectivity index (χ1n) is 12.1. The molecule has 2 aliphatic rings. The van der Waals surface area contributed by atoms with Crippen molar-refractivity contribution in [3.05, 3.63) is 53.7 Å². The third-order valence-electron chi connectivity index (χ3n) is 5.92. The van der Waals surface area contributed by atoms with E-state index >= 15 is 0 Å². The highest BCUT2D eigenvalue weighted by atomic mass is 32.2. The van der Waals surface area contributed by atoms with Crippen molar-refractivity contribution < 1.29 is 14.4 Å². The molecule has 2 atom stereocenters. The maximum Gasteiger partial charge on any atom is 0.244 e. The number of nitrogens with one attached hydrogen (secondary N) is 2. The zero-order chi connectivity index (χ0) is 25.0. The number of likely N-dealkylation sites (tertiary alicyclic amines) is 1. The molecule has 2 fully saturated rings. The number of anilines is 1. The summed E-state index contributed by atoms with van der Waals surface area (Å²) in [6.45, 7) is 4.41. The van der Waals surface area contributed by atoms with Crippen LogP contribution in [0.1, 0.15) is 39.0 Å². The number of allylic oxidation sites excluding steroid dienone is 1. The molecule has 0 saturated carbocycles. The Kier molecular flexibility index (Phi) is 10.2. The molecule has 3 rings (SSSR count). The molecule has 0 spiro atoms. The summed E-state index contributed by atoms with van der Waals surface area (Å²) in [6.07, 6.45) is 8.26. The summed E-state index contributed by atoms with van der Waals surface area (Å²) < 4.78 is 0. The second-order valence-electron chi connectivity index (χ2n) is 8.49. The van der Waals surface area contributed by atoms with Crippen LogP contribution < -0.4 is 10.6 Å². The summed E-state index contributed by atoms with van der Waals surface area (Å²) in [5.74, 6) is -0.439. The van der Waals surface area contributed by atoms with Gasteiger partial charge in [0.1, 0.15) is 5.25 Å². The molecule has 0 aromatic heterocycles. The third kappa shape index (κ3) is 7.89. The Balaban J connectivity index is 1.45. The van der Waals surface area contributed by atoms with Crippen LogP contribution in [-0.4, -0.2) is 59.0 Å². The molecule has 2 unspecified atom stereocenters. The Labute approximate surface area is 211 Å². The first-order valence-corrected chi connectivity index (χ1v) is 13.0. The van der Waals surface area contributed by atoms with Crippen LogP contribution in [0.3, 0.4) is 0 Å². The first-order chi connectivity index (χ1) is 17.0. The van der Waals surface area contributed by atoms with E-state index in [2.05, 4.69) is 16.7 Å². The van der Waals surface area contributed by atoms with Gasteiger partial charge in [-0.3, -0.25) is 14.4 Å². The maximum absolute atomic E-state index is 12.8. The van der Waals surface area contributed by atoms with Gasteiger partial charge >= 0.3 is 0 Å². The molecule has 2 heterocycles. The van der Waals surface area contributed by atoms with E-state index in [1.54, 1.807) is 11.1 Å². The topological polar surface area (TPSA) is 106 Å². The van der Waals surface area contributed by atoms with E-state index in [0.717, 1.165) is 23.7 Å². The smallest absolute Gasteiger partial charge is 0.244 e. The molecule has 9 heteroatoms. The van der Waals surface area contributed by atoms with Gasteiger partial charge in [-0.1, -0.05) is 36.0 Å². The van der Waals surface area contributed by atoms with Gasteiger partial charge in [0.25, 0.3) is 0 Å². The number of carbonyl (C=O) groups is 3. The molecule has 0 bridgehead atoms. The van der Waals surface area contributed by atoms with Crippen molar-refractivity contribution in [2.75, 3.05) is 31.5 Å². The van der Waals surface area contributed by atoms with Crippen LogP contribution in [0.25, 0.3) is 0 Å². The summed E-state index contributed by atoms with van der Waals surface area (Å²) in [7, 11) is 0. The van der Waals surface area contributed by atoms with Gasteiger partial charge in [-0.2, -0.15) is 5.26 Å². The predicted octanol–water partition coefficient (Wildman–Crippen LogP) is 3.47. The lowest BCUT2D eigenvalue weighted by Crippen LogP contribution is -2.31. The van der Waals surface area contributed by atoms with E-state index in [4.69, 9.17) is 0 Å². The Morgan fingerprint density at radius 3 is 2.80 bits per heavy atom. The number of amides is 3. The van der Waals surface area contributed by atoms with Crippen LogP contribution in [0, 0.1) is 17.2 Å². The lowest BCUT2D eigenvalue weighted by atomic mass is 10.0. The number of para-hydroxylation sites is 1. The van der Waals surface area contributed by atoms with E-state index in [1.165, 1.54) is 11.8 Å². The van der Waals surface area contributed by atoms with Gasteiger partial charge in [0, 0.05) is 44.7 Å². The molecule has 0 radical (unpaired) electrons. The van der Waals surface area contributed by atoms with Crippen LogP contribution in [0.15, 0.2) is 53.7 Å². The first kappa shape index (κ1) is 26.4. The highest BCUT2D eigenvalue weighted by Gasteiger charge is 2.34. The second kappa shape index (κ2) is 13.6. The van der Waals surface area contributed by atoms with Gasteiger partial charge in [0.2, 0.25) is 17.7 Å². The molecular formula is C26H33N5O3S. The predicted molar refractivity (Wildman–Crippen MR) is 138 cm³/mol. The fourth-order valence-corrected chi connectivity index (χ4v) is 5.21. The number of nitrogens with zero attached hydrogens (tertiary/aromatic N) is 3. The van der Waals surface area contributed by atoms with Gasteiger partial charge in [-0.05, 0) is 50.6 Å². The van der Waals surface area contributed by atoms with Gasteiger partial charge in [0.15, 0.2) is 0 Å². The van der Waals surface area contributed by atoms with E-state index < -0.39 is 5.92 Å².